The molecule has 0 unspecified atom stereocenters. The van der Waals surface area contributed by atoms with E-state index >= 15 is 0 Å². The zero-order valence-corrected chi connectivity index (χ0v) is 6.18. The minimum absolute atomic E-state index is 0.403. The Morgan fingerprint density at radius 1 is 1.58 bits per heavy atom. The van der Waals surface area contributed by atoms with Gasteiger partial charge in [0.1, 0.15) is 5.69 Å². The third-order valence-electron chi connectivity index (χ3n) is 1.32. The monoisotopic (exact) mass is 180 g/mol. The van der Waals surface area contributed by atoms with Crippen molar-refractivity contribution in [2.24, 2.45) is 0 Å². The molecule has 68 valence electrons. The molecule has 0 saturated carbocycles. The summed E-state index contributed by atoms with van der Waals surface area (Å²) < 4.78 is 35.5. The van der Waals surface area contributed by atoms with Crippen molar-refractivity contribution in [1.29, 1.82) is 0 Å². The fourth-order valence-electron chi connectivity index (χ4n) is 0.747. The zero-order chi connectivity index (χ0) is 9.35. The van der Waals surface area contributed by atoms with Crippen LogP contribution in [0.4, 0.5) is 13.2 Å². The summed E-state index contributed by atoms with van der Waals surface area (Å²) in [5, 5.41) is 14.3. The largest absolute Gasteiger partial charge is 0.420 e. The van der Waals surface area contributed by atoms with Crippen LogP contribution in [0.2, 0.25) is 0 Å². The van der Waals surface area contributed by atoms with E-state index in [1.807, 2.05) is 0 Å². The molecule has 3 nitrogen and oxygen atoms in total. The predicted molar refractivity (Wildman–Crippen MR) is 34.3 cm³/mol. The summed E-state index contributed by atoms with van der Waals surface area (Å²) in [6.07, 6.45) is -7.15. The van der Waals surface area contributed by atoms with E-state index in [0.717, 1.165) is 6.07 Å². The van der Waals surface area contributed by atoms with E-state index < -0.39 is 18.0 Å². The molecule has 1 aromatic rings. The highest BCUT2D eigenvalue weighted by Gasteiger charge is 2.40. The van der Waals surface area contributed by atoms with Gasteiger partial charge in [-0.1, -0.05) is 0 Å². The van der Waals surface area contributed by atoms with Crippen molar-refractivity contribution in [1.82, 2.24) is 10.2 Å². The standard InChI is InChI=1S/C6H7F3N2O/c1-3-2-4(11-10-3)5(12)6(7,8)9/h2,5,12H,1H3,(H,10,11)/t5-/m1/s1. The van der Waals surface area contributed by atoms with Gasteiger partial charge in [0.05, 0.1) is 0 Å². The van der Waals surface area contributed by atoms with Gasteiger partial charge in [0.25, 0.3) is 0 Å². The van der Waals surface area contributed by atoms with E-state index in [1.54, 1.807) is 6.92 Å². The lowest BCUT2D eigenvalue weighted by Gasteiger charge is -2.10. The normalized spacial score (nSPS) is 14.8. The summed E-state index contributed by atoms with van der Waals surface area (Å²) in [5.41, 5.74) is 0.0771. The lowest BCUT2D eigenvalue weighted by molar-refractivity contribution is -0.207. The van der Waals surface area contributed by atoms with Crippen LogP contribution in [0.25, 0.3) is 0 Å². The van der Waals surface area contributed by atoms with Crippen LogP contribution in [0.5, 0.6) is 0 Å². The van der Waals surface area contributed by atoms with E-state index in [1.165, 1.54) is 0 Å². The highest BCUT2D eigenvalue weighted by atomic mass is 19.4. The van der Waals surface area contributed by atoms with Gasteiger partial charge in [0.2, 0.25) is 0 Å². The molecule has 6 heteroatoms. The quantitative estimate of drug-likeness (QED) is 0.684. The number of aliphatic hydroxyl groups excluding tert-OH is 1. The van der Waals surface area contributed by atoms with Crippen molar-refractivity contribution in [3.8, 4) is 0 Å². The maximum absolute atomic E-state index is 11.8. The number of aromatic nitrogens is 2. The van der Waals surface area contributed by atoms with Crippen LogP contribution in [0.15, 0.2) is 6.07 Å². The molecule has 1 heterocycles. The Balaban J connectivity index is 2.85. The highest BCUT2D eigenvalue weighted by molar-refractivity contribution is 5.10. The summed E-state index contributed by atoms with van der Waals surface area (Å²) in [5.74, 6) is 0. The number of nitrogens with zero attached hydrogens (tertiary/aromatic N) is 1. The molecule has 0 spiro atoms. The molecule has 0 aliphatic rings. The highest BCUT2D eigenvalue weighted by Crippen LogP contribution is 2.31. The number of aryl methyl sites for hydroxylation is 1. The van der Waals surface area contributed by atoms with Crippen molar-refractivity contribution in [2.45, 2.75) is 19.2 Å². The summed E-state index contributed by atoms with van der Waals surface area (Å²) in [4.78, 5) is 0. The Labute approximate surface area is 66.2 Å². The number of alkyl halides is 3. The molecule has 1 atom stereocenters. The first kappa shape index (κ1) is 9.05. The van der Waals surface area contributed by atoms with Crippen LogP contribution < -0.4 is 0 Å². The van der Waals surface area contributed by atoms with Crippen molar-refractivity contribution in [3.63, 3.8) is 0 Å². The van der Waals surface area contributed by atoms with Gasteiger partial charge < -0.3 is 5.11 Å². The first-order valence-corrected chi connectivity index (χ1v) is 3.18. The van der Waals surface area contributed by atoms with Gasteiger partial charge in [-0.3, -0.25) is 5.10 Å². The molecule has 0 aliphatic heterocycles. The second kappa shape index (κ2) is 2.78. The van der Waals surface area contributed by atoms with Gasteiger partial charge in [-0.25, -0.2) is 0 Å². The van der Waals surface area contributed by atoms with Gasteiger partial charge in [-0.15, -0.1) is 0 Å². The van der Waals surface area contributed by atoms with Crippen molar-refractivity contribution >= 4 is 0 Å². The summed E-state index contributed by atoms with van der Waals surface area (Å²) in [7, 11) is 0. The Morgan fingerprint density at radius 3 is 2.50 bits per heavy atom. The molecule has 0 amide bonds. The lowest BCUT2D eigenvalue weighted by atomic mass is 10.2. The molecule has 0 saturated heterocycles. The Bertz CT molecular complexity index is 268. The number of hydrogen-bond acceptors (Lipinski definition) is 2. The van der Waals surface area contributed by atoms with Gasteiger partial charge in [0, 0.05) is 5.69 Å². The fourth-order valence-corrected chi connectivity index (χ4v) is 0.747. The Morgan fingerprint density at radius 2 is 2.17 bits per heavy atom. The first-order chi connectivity index (χ1) is 5.41. The molecule has 0 fully saturated rings. The third kappa shape index (κ3) is 1.76. The molecular formula is C6H7F3N2O. The molecule has 1 aromatic heterocycles. The maximum Gasteiger partial charge on any atom is 0.420 e. The average Bonchev–Trinajstić information content (AvgIpc) is 2.32. The number of H-pyrrole nitrogens is 1. The minimum Gasteiger partial charge on any atom is -0.378 e. The van der Waals surface area contributed by atoms with Gasteiger partial charge in [-0.2, -0.15) is 18.3 Å². The molecule has 12 heavy (non-hydrogen) atoms. The van der Waals surface area contributed by atoms with Crippen molar-refractivity contribution < 1.29 is 18.3 Å². The Hall–Kier alpha value is -1.04. The number of nitrogens with one attached hydrogen (secondary N) is 1. The van der Waals surface area contributed by atoms with E-state index in [0.29, 0.717) is 5.69 Å². The number of rotatable bonds is 1. The molecule has 0 aromatic carbocycles. The summed E-state index contributed by atoms with van der Waals surface area (Å²) >= 11 is 0. The SMILES string of the molecule is Cc1cc([C@@H](O)C(F)(F)F)n[nH]1. The lowest BCUT2D eigenvalue weighted by Crippen LogP contribution is -2.20. The Kier molecular flexibility index (Phi) is 2.10. The number of aliphatic hydroxyl groups is 1. The number of halogens is 3. The van der Waals surface area contributed by atoms with E-state index in [2.05, 4.69) is 10.2 Å². The van der Waals surface area contributed by atoms with Crippen LogP contribution in [0.3, 0.4) is 0 Å². The van der Waals surface area contributed by atoms with Crippen LogP contribution in [-0.4, -0.2) is 21.5 Å². The number of aromatic amines is 1. The second-order valence-electron chi connectivity index (χ2n) is 2.42. The van der Waals surface area contributed by atoms with Crippen molar-refractivity contribution in [3.05, 3.63) is 17.5 Å². The van der Waals surface area contributed by atoms with Gasteiger partial charge >= 0.3 is 6.18 Å². The molecule has 2 N–H and O–H groups in total. The fraction of sp³-hybridized carbons (Fsp3) is 0.500. The van der Waals surface area contributed by atoms with Gasteiger partial charge in [-0.05, 0) is 13.0 Å². The minimum atomic E-state index is -4.65. The third-order valence-corrected chi connectivity index (χ3v) is 1.32. The second-order valence-corrected chi connectivity index (χ2v) is 2.42. The predicted octanol–water partition coefficient (Wildman–Crippen LogP) is 1.31. The van der Waals surface area contributed by atoms with Crippen LogP contribution in [0.1, 0.15) is 17.5 Å². The smallest absolute Gasteiger partial charge is 0.378 e. The topological polar surface area (TPSA) is 48.9 Å². The summed E-state index contributed by atoms with van der Waals surface area (Å²) in [6.45, 7) is 1.56. The zero-order valence-electron chi connectivity index (χ0n) is 6.18. The number of hydrogen-bond donors (Lipinski definition) is 2. The van der Waals surface area contributed by atoms with Gasteiger partial charge in [0.15, 0.2) is 6.10 Å². The van der Waals surface area contributed by atoms with Crippen molar-refractivity contribution in [2.75, 3.05) is 0 Å². The molecule has 0 aliphatic carbocycles. The van der Waals surface area contributed by atoms with Crippen LogP contribution in [-0.2, 0) is 0 Å². The molecule has 0 radical (unpaired) electrons. The first-order valence-electron chi connectivity index (χ1n) is 3.18. The van der Waals surface area contributed by atoms with E-state index in [4.69, 9.17) is 5.11 Å². The molecular weight excluding hydrogens is 173 g/mol. The van der Waals surface area contributed by atoms with E-state index in [9.17, 15) is 13.2 Å². The van der Waals surface area contributed by atoms with E-state index in [-0.39, 0.29) is 0 Å². The maximum atomic E-state index is 11.8. The van der Waals surface area contributed by atoms with Crippen LogP contribution in [0, 0.1) is 6.92 Å². The molecule has 1 rings (SSSR count). The van der Waals surface area contributed by atoms with Crippen LogP contribution >= 0.6 is 0 Å². The molecule has 0 bridgehead atoms. The summed E-state index contributed by atoms with van der Waals surface area (Å²) in [6, 6.07) is 1.15. The average molecular weight is 180 g/mol.